The second-order valence-electron chi connectivity index (χ2n) is 2.80. The van der Waals surface area contributed by atoms with Crippen LogP contribution < -0.4 is 4.72 Å². The fourth-order valence-corrected chi connectivity index (χ4v) is 1.33. The fraction of sp³-hybridized carbons (Fsp3) is 0.250. The van der Waals surface area contributed by atoms with Gasteiger partial charge in [0, 0.05) is 29.9 Å². The van der Waals surface area contributed by atoms with Crippen molar-refractivity contribution >= 4 is 17.0 Å². The van der Waals surface area contributed by atoms with Crippen molar-refractivity contribution in [3.8, 4) is 0 Å². The van der Waals surface area contributed by atoms with Gasteiger partial charge in [-0.2, -0.15) is 0 Å². The summed E-state index contributed by atoms with van der Waals surface area (Å²) in [5, 5.41) is 10.3. The third-order valence-corrected chi connectivity index (χ3v) is 2.22. The number of nitrogens with zero attached hydrogens (tertiary/aromatic N) is 1. The lowest BCUT2D eigenvalue weighted by atomic mass is 10.1. The highest BCUT2D eigenvalue weighted by molar-refractivity contribution is 7.77. The molecule has 0 aromatic heterocycles. The number of nitrogens with one attached hydrogen (secondary N) is 1. The van der Waals surface area contributed by atoms with Gasteiger partial charge < -0.3 is 4.55 Å². The van der Waals surface area contributed by atoms with Crippen molar-refractivity contribution in [2.75, 3.05) is 6.54 Å². The molecular weight excluding hydrogens is 220 g/mol. The quantitative estimate of drug-likeness (QED) is 0.452. The predicted molar refractivity (Wildman–Crippen MR) is 53.7 cm³/mol. The smallest absolute Gasteiger partial charge is 0.269 e. The predicted octanol–water partition coefficient (Wildman–Crippen LogP) is 0.521. The summed E-state index contributed by atoms with van der Waals surface area (Å²) in [5.41, 5.74) is 0.873. The zero-order chi connectivity index (χ0) is 11.3. The van der Waals surface area contributed by atoms with Crippen LogP contribution in [0.1, 0.15) is 5.56 Å². The summed E-state index contributed by atoms with van der Waals surface area (Å²) in [5.74, 6) is 0. The van der Waals surface area contributed by atoms with Crippen molar-refractivity contribution < 1.29 is 13.7 Å². The molecule has 1 atom stereocenters. The first-order valence-corrected chi connectivity index (χ1v) is 5.23. The molecule has 0 radical (unpaired) electrons. The van der Waals surface area contributed by atoms with Gasteiger partial charge in [0.2, 0.25) is 0 Å². The van der Waals surface area contributed by atoms with E-state index in [1.165, 1.54) is 12.1 Å². The molecule has 0 bridgehead atoms. The Balaban J connectivity index is 2.50. The molecule has 1 rings (SSSR count). The summed E-state index contributed by atoms with van der Waals surface area (Å²) in [4.78, 5) is 9.85. The van der Waals surface area contributed by atoms with Crippen molar-refractivity contribution in [1.82, 2.24) is 4.72 Å². The Hall–Kier alpha value is -1.31. The number of benzene rings is 1. The molecule has 82 valence electrons. The molecule has 0 fully saturated rings. The molecular formula is C8H9N2O4S-. The summed E-state index contributed by atoms with van der Waals surface area (Å²) in [7, 11) is 0. The molecule has 0 amide bonds. The summed E-state index contributed by atoms with van der Waals surface area (Å²) in [6, 6.07) is 5.99. The lowest BCUT2D eigenvalue weighted by Crippen LogP contribution is -2.19. The molecule has 0 saturated heterocycles. The number of rotatable bonds is 5. The summed E-state index contributed by atoms with van der Waals surface area (Å²) in [6.07, 6.45) is 0.506. The van der Waals surface area contributed by atoms with E-state index in [-0.39, 0.29) is 12.2 Å². The zero-order valence-corrected chi connectivity index (χ0v) is 8.53. The SMILES string of the molecule is O=[N+]([O-])c1ccc(CCNS(=O)[O-])cc1. The topological polar surface area (TPSA) is 95.3 Å². The molecule has 0 spiro atoms. The number of nitro groups is 1. The Morgan fingerprint density at radius 2 is 1.93 bits per heavy atom. The van der Waals surface area contributed by atoms with Gasteiger partial charge in [0.25, 0.3) is 5.69 Å². The molecule has 1 N–H and O–H groups in total. The Labute approximate surface area is 88.9 Å². The van der Waals surface area contributed by atoms with Gasteiger partial charge in [-0.15, -0.1) is 0 Å². The normalized spacial score (nSPS) is 12.3. The number of nitro benzene ring substituents is 1. The van der Waals surface area contributed by atoms with Gasteiger partial charge in [-0.3, -0.25) is 14.3 Å². The minimum atomic E-state index is -2.26. The van der Waals surface area contributed by atoms with Crippen LogP contribution in [0, 0.1) is 10.1 Å². The summed E-state index contributed by atoms with van der Waals surface area (Å²) >= 11 is -2.26. The lowest BCUT2D eigenvalue weighted by molar-refractivity contribution is -0.384. The van der Waals surface area contributed by atoms with Crippen LogP contribution in [0.3, 0.4) is 0 Å². The van der Waals surface area contributed by atoms with E-state index in [9.17, 15) is 18.9 Å². The number of hydrogen-bond donors (Lipinski definition) is 1. The van der Waals surface area contributed by atoms with Gasteiger partial charge in [-0.05, 0) is 12.0 Å². The van der Waals surface area contributed by atoms with Gasteiger partial charge in [0.1, 0.15) is 0 Å². The average Bonchev–Trinajstić information content (AvgIpc) is 2.18. The van der Waals surface area contributed by atoms with Gasteiger partial charge >= 0.3 is 0 Å². The molecule has 0 saturated carbocycles. The maximum atomic E-state index is 10.3. The maximum Gasteiger partial charge on any atom is 0.269 e. The zero-order valence-electron chi connectivity index (χ0n) is 7.71. The van der Waals surface area contributed by atoms with E-state index in [4.69, 9.17) is 0 Å². The van der Waals surface area contributed by atoms with E-state index in [1.807, 2.05) is 0 Å². The van der Waals surface area contributed by atoms with Crippen molar-refractivity contribution in [2.45, 2.75) is 6.42 Å². The average molecular weight is 229 g/mol. The molecule has 1 aromatic carbocycles. The van der Waals surface area contributed by atoms with Crippen LogP contribution in [0.15, 0.2) is 24.3 Å². The van der Waals surface area contributed by atoms with Gasteiger partial charge in [-0.1, -0.05) is 12.1 Å². The van der Waals surface area contributed by atoms with E-state index in [0.29, 0.717) is 6.42 Å². The highest BCUT2D eigenvalue weighted by Crippen LogP contribution is 2.11. The Morgan fingerprint density at radius 1 is 1.33 bits per heavy atom. The van der Waals surface area contributed by atoms with Gasteiger partial charge in [0.15, 0.2) is 0 Å². The molecule has 1 unspecified atom stereocenters. The minimum Gasteiger partial charge on any atom is -0.760 e. The van der Waals surface area contributed by atoms with Crippen LogP contribution in [0.25, 0.3) is 0 Å². The number of non-ortho nitro benzene ring substituents is 1. The van der Waals surface area contributed by atoms with E-state index >= 15 is 0 Å². The summed E-state index contributed by atoms with van der Waals surface area (Å²) in [6.45, 7) is 0.286. The van der Waals surface area contributed by atoms with Crippen molar-refractivity contribution in [3.63, 3.8) is 0 Å². The third-order valence-electron chi connectivity index (χ3n) is 1.78. The Morgan fingerprint density at radius 3 is 2.40 bits per heavy atom. The highest BCUT2D eigenvalue weighted by Gasteiger charge is 2.03. The highest BCUT2D eigenvalue weighted by atomic mass is 32.2. The molecule has 0 heterocycles. The van der Waals surface area contributed by atoms with E-state index < -0.39 is 16.2 Å². The molecule has 1 aromatic rings. The van der Waals surface area contributed by atoms with Crippen LogP contribution in [0.2, 0.25) is 0 Å². The van der Waals surface area contributed by atoms with E-state index in [1.54, 1.807) is 12.1 Å². The first kappa shape index (κ1) is 11.8. The molecule has 7 heteroatoms. The van der Waals surface area contributed by atoms with Crippen LogP contribution in [0.4, 0.5) is 5.69 Å². The van der Waals surface area contributed by atoms with Crippen LogP contribution in [0.5, 0.6) is 0 Å². The van der Waals surface area contributed by atoms with E-state index in [2.05, 4.69) is 4.72 Å². The van der Waals surface area contributed by atoms with Crippen molar-refractivity contribution in [3.05, 3.63) is 39.9 Å². The van der Waals surface area contributed by atoms with Gasteiger partial charge in [-0.25, -0.2) is 4.72 Å². The van der Waals surface area contributed by atoms with Crippen molar-refractivity contribution in [1.29, 1.82) is 0 Å². The molecule has 15 heavy (non-hydrogen) atoms. The lowest BCUT2D eigenvalue weighted by Gasteiger charge is -2.06. The molecule has 6 nitrogen and oxygen atoms in total. The fourth-order valence-electron chi connectivity index (χ4n) is 1.06. The third kappa shape index (κ3) is 4.15. The Bertz CT molecular complexity index is 365. The minimum absolute atomic E-state index is 0.0270. The monoisotopic (exact) mass is 229 g/mol. The van der Waals surface area contributed by atoms with Crippen LogP contribution in [-0.2, 0) is 17.7 Å². The first-order valence-electron chi connectivity index (χ1n) is 4.15. The summed E-state index contributed by atoms with van der Waals surface area (Å²) < 4.78 is 22.5. The van der Waals surface area contributed by atoms with Gasteiger partial charge in [0.05, 0.1) is 4.92 Å². The molecule has 0 aliphatic rings. The van der Waals surface area contributed by atoms with Crippen LogP contribution in [-0.4, -0.2) is 20.2 Å². The first-order chi connectivity index (χ1) is 7.09. The Kier molecular flexibility index (Phi) is 4.35. The van der Waals surface area contributed by atoms with E-state index in [0.717, 1.165) is 5.56 Å². The van der Waals surface area contributed by atoms with Crippen LogP contribution >= 0.6 is 0 Å². The second kappa shape index (κ2) is 5.54. The molecule has 0 aliphatic carbocycles. The largest absolute Gasteiger partial charge is 0.760 e. The molecule has 0 aliphatic heterocycles. The maximum absolute atomic E-state index is 10.3. The van der Waals surface area contributed by atoms with Crippen molar-refractivity contribution in [2.24, 2.45) is 0 Å². The number of hydrogen-bond acceptors (Lipinski definition) is 4. The second-order valence-corrected chi connectivity index (χ2v) is 3.56. The standard InChI is InChI=1S/C8H10N2O4S/c11-10(12)8-3-1-7(2-4-8)5-6-9-15(13)14/h1-4,9H,5-6H2,(H,13,14)/p-1.